The number of hydrogen-bond donors (Lipinski definition) is 1. The molecule has 2 aromatic rings. The van der Waals surface area contributed by atoms with E-state index in [-0.39, 0.29) is 24.3 Å². The van der Waals surface area contributed by atoms with E-state index in [1.165, 1.54) is 0 Å². The van der Waals surface area contributed by atoms with Gasteiger partial charge in [-0.3, -0.25) is 29.2 Å². The van der Waals surface area contributed by atoms with Crippen molar-refractivity contribution in [2.45, 2.75) is 44.3 Å². The molecule has 0 bridgehead atoms. The van der Waals surface area contributed by atoms with Crippen LogP contribution in [0.2, 0.25) is 0 Å². The van der Waals surface area contributed by atoms with Crippen molar-refractivity contribution in [3.05, 3.63) is 47.3 Å². The fourth-order valence-electron chi connectivity index (χ4n) is 4.74. The summed E-state index contributed by atoms with van der Waals surface area (Å²) in [5.74, 6) is -0.830. The Balaban J connectivity index is 1.27. The SMILES string of the molecule is O=Cc1cnn(C2CCN(c3ccc4c(c3)C(=O)N(C3CCC(=O)NC3=O)C4)CC2)c1. The Morgan fingerprint density at radius 1 is 1.10 bits per heavy atom. The van der Waals surface area contributed by atoms with Gasteiger partial charge in [-0.1, -0.05) is 6.07 Å². The first kappa shape index (κ1) is 19.5. The molecule has 3 aliphatic heterocycles. The highest BCUT2D eigenvalue weighted by atomic mass is 16.2. The second-order valence-electron chi connectivity index (χ2n) is 8.33. The van der Waals surface area contributed by atoms with Crippen LogP contribution in [0.5, 0.6) is 0 Å². The van der Waals surface area contributed by atoms with Crippen molar-refractivity contribution in [1.82, 2.24) is 20.0 Å². The second kappa shape index (κ2) is 7.64. The van der Waals surface area contributed by atoms with Gasteiger partial charge >= 0.3 is 0 Å². The summed E-state index contributed by atoms with van der Waals surface area (Å²) < 4.78 is 1.87. The number of fused-ring (bicyclic) bond motifs is 1. The molecule has 0 saturated carbocycles. The third-order valence-corrected chi connectivity index (χ3v) is 6.47. The van der Waals surface area contributed by atoms with Crippen molar-refractivity contribution in [2.24, 2.45) is 0 Å². The number of nitrogens with zero attached hydrogens (tertiary/aromatic N) is 4. The quantitative estimate of drug-likeness (QED) is 0.589. The number of hydrogen-bond acceptors (Lipinski definition) is 6. The summed E-state index contributed by atoms with van der Waals surface area (Å²) >= 11 is 0. The summed E-state index contributed by atoms with van der Waals surface area (Å²) in [6.07, 6.45) is 6.58. The van der Waals surface area contributed by atoms with E-state index in [4.69, 9.17) is 0 Å². The largest absolute Gasteiger partial charge is 0.371 e. The number of piperidine rings is 2. The number of benzene rings is 1. The summed E-state index contributed by atoms with van der Waals surface area (Å²) in [6.45, 7) is 2.04. The Morgan fingerprint density at radius 3 is 2.61 bits per heavy atom. The maximum atomic E-state index is 13.0. The second-order valence-corrected chi connectivity index (χ2v) is 8.33. The lowest BCUT2D eigenvalue weighted by Gasteiger charge is -2.33. The zero-order chi connectivity index (χ0) is 21.5. The van der Waals surface area contributed by atoms with Crippen molar-refractivity contribution >= 4 is 29.7 Å². The number of amides is 3. The predicted molar refractivity (Wildman–Crippen MR) is 111 cm³/mol. The van der Waals surface area contributed by atoms with E-state index < -0.39 is 11.9 Å². The molecule has 4 heterocycles. The van der Waals surface area contributed by atoms with Gasteiger partial charge in [0.25, 0.3) is 5.91 Å². The minimum absolute atomic E-state index is 0.154. The zero-order valence-corrected chi connectivity index (χ0v) is 17.0. The van der Waals surface area contributed by atoms with Gasteiger partial charge in [0.15, 0.2) is 6.29 Å². The molecule has 3 aliphatic rings. The lowest BCUT2D eigenvalue weighted by atomic mass is 10.0. The molecule has 1 atom stereocenters. The normalized spacial score (nSPS) is 21.9. The van der Waals surface area contributed by atoms with Crippen LogP contribution in [-0.4, -0.2) is 57.8 Å². The molecule has 9 nitrogen and oxygen atoms in total. The summed E-state index contributed by atoms with van der Waals surface area (Å²) in [4.78, 5) is 51.4. The van der Waals surface area contributed by atoms with Crippen LogP contribution in [0.1, 0.15) is 58.0 Å². The number of carbonyl (C=O) groups is 4. The number of rotatable bonds is 4. The van der Waals surface area contributed by atoms with Crippen LogP contribution in [0, 0.1) is 0 Å². The molecular formula is C22H23N5O4. The van der Waals surface area contributed by atoms with Gasteiger partial charge in [-0.25, -0.2) is 0 Å². The van der Waals surface area contributed by atoms with Gasteiger partial charge < -0.3 is 9.80 Å². The number of aromatic nitrogens is 2. The number of nitrogens with one attached hydrogen (secondary N) is 1. The van der Waals surface area contributed by atoms with E-state index in [2.05, 4.69) is 15.3 Å². The van der Waals surface area contributed by atoms with Gasteiger partial charge in [-0.15, -0.1) is 0 Å². The molecule has 2 saturated heterocycles. The first-order chi connectivity index (χ1) is 15.0. The highest BCUT2D eigenvalue weighted by Gasteiger charge is 2.39. The lowest BCUT2D eigenvalue weighted by Crippen LogP contribution is -2.52. The molecule has 160 valence electrons. The average molecular weight is 421 g/mol. The van der Waals surface area contributed by atoms with Crippen molar-refractivity contribution in [2.75, 3.05) is 18.0 Å². The summed E-state index contributed by atoms with van der Waals surface area (Å²) in [7, 11) is 0. The summed E-state index contributed by atoms with van der Waals surface area (Å²) in [5.41, 5.74) is 3.11. The molecule has 9 heteroatoms. The van der Waals surface area contributed by atoms with Crippen molar-refractivity contribution in [3.63, 3.8) is 0 Å². The first-order valence-corrected chi connectivity index (χ1v) is 10.6. The smallest absolute Gasteiger partial charge is 0.255 e. The molecule has 1 aromatic carbocycles. The van der Waals surface area contributed by atoms with Gasteiger partial charge in [-0.05, 0) is 37.0 Å². The van der Waals surface area contributed by atoms with E-state index in [1.54, 1.807) is 17.3 Å². The Kier molecular flexibility index (Phi) is 4.80. The van der Waals surface area contributed by atoms with Gasteiger partial charge in [-0.2, -0.15) is 5.10 Å². The third kappa shape index (κ3) is 3.49. The van der Waals surface area contributed by atoms with Crippen LogP contribution in [0.25, 0.3) is 0 Å². The van der Waals surface area contributed by atoms with E-state index >= 15 is 0 Å². The van der Waals surface area contributed by atoms with Gasteiger partial charge in [0.05, 0.1) is 17.8 Å². The van der Waals surface area contributed by atoms with E-state index in [0.29, 0.717) is 24.1 Å². The van der Waals surface area contributed by atoms with Gasteiger partial charge in [0.2, 0.25) is 11.8 Å². The molecule has 1 aromatic heterocycles. The number of carbonyl (C=O) groups excluding carboxylic acids is 4. The average Bonchev–Trinajstić information content (AvgIpc) is 3.39. The lowest BCUT2D eigenvalue weighted by molar-refractivity contribution is -0.136. The van der Waals surface area contributed by atoms with Crippen molar-refractivity contribution < 1.29 is 19.2 Å². The molecule has 2 fully saturated rings. The van der Waals surface area contributed by atoms with E-state index in [1.807, 2.05) is 22.9 Å². The molecule has 0 spiro atoms. The molecular weight excluding hydrogens is 398 g/mol. The van der Waals surface area contributed by atoms with Crippen molar-refractivity contribution in [3.8, 4) is 0 Å². The highest BCUT2D eigenvalue weighted by molar-refractivity contribution is 6.05. The standard InChI is InChI=1S/C22H23N5O4/c28-13-14-10-23-27(11-14)16-5-7-25(8-6-16)17-2-1-15-12-26(22(31)18(15)9-17)19-3-4-20(29)24-21(19)30/h1-2,9-11,13,16,19H,3-8,12H2,(H,24,29,30). The van der Waals surface area contributed by atoms with Crippen LogP contribution >= 0.6 is 0 Å². The first-order valence-electron chi connectivity index (χ1n) is 10.6. The van der Waals surface area contributed by atoms with Crippen LogP contribution in [0.4, 0.5) is 5.69 Å². The summed E-state index contributed by atoms with van der Waals surface area (Å²) in [6, 6.07) is 5.57. The van der Waals surface area contributed by atoms with Gasteiger partial charge in [0, 0.05) is 43.5 Å². The maximum absolute atomic E-state index is 13.0. The van der Waals surface area contributed by atoms with Crippen molar-refractivity contribution in [1.29, 1.82) is 0 Å². The summed E-state index contributed by atoms with van der Waals surface area (Å²) in [5, 5.41) is 6.63. The molecule has 31 heavy (non-hydrogen) atoms. The fourth-order valence-corrected chi connectivity index (χ4v) is 4.74. The maximum Gasteiger partial charge on any atom is 0.255 e. The fraction of sp³-hybridized carbons (Fsp3) is 0.409. The molecule has 1 unspecified atom stereocenters. The number of imide groups is 1. The number of aldehydes is 1. The topological polar surface area (TPSA) is 105 Å². The molecule has 0 aliphatic carbocycles. The molecule has 1 N–H and O–H groups in total. The Morgan fingerprint density at radius 2 is 1.90 bits per heavy atom. The molecule has 3 amide bonds. The minimum atomic E-state index is -0.595. The monoisotopic (exact) mass is 421 g/mol. The number of anilines is 1. The Bertz CT molecular complexity index is 1070. The van der Waals surface area contributed by atoms with E-state index in [9.17, 15) is 19.2 Å². The van der Waals surface area contributed by atoms with E-state index in [0.717, 1.165) is 43.5 Å². The third-order valence-electron chi connectivity index (χ3n) is 6.47. The Labute approximate surface area is 179 Å². The van der Waals surface area contributed by atoms with Crippen LogP contribution in [0.15, 0.2) is 30.6 Å². The predicted octanol–water partition coefficient (Wildman–Crippen LogP) is 1.30. The molecule has 5 rings (SSSR count). The molecule has 0 radical (unpaired) electrons. The zero-order valence-electron chi connectivity index (χ0n) is 17.0. The van der Waals surface area contributed by atoms with Gasteiger partial charge in [0.1, 0.15) is 6.04 Å². The van der Waals surface area contributed by atoms with Crippen LogP contribution < -0.4 is 10.2 Å². The highest BCUT2D eigenvalue weighted by Crippen LogP contribution is 2.32. The minimum Gasteiger partial charge on any atom is -0.371 e. The van der Waals surface area contributed by atoms with Crippen LogP contribution in [-0.2, 0) is 16.1 Å². The Hall–Kier alpha value is -3.49. The van der Waals surface area contributed by atoms with Crippen LogP contribution in [0.3, 0.4) is 0 Å².